The molecule has 0 aromatic rings. The molecule has 0 aromatic carbocycles. The number of nitrogens with two attached hydrogens (primary N) is 1. The van der Waals surface area contributed by atoms with Gasteiger partial charge in [-0.05, 0) is 0 Å². The normalized spacial score (nSPS) is 29.2. The van der Waals surface area contributed by atoms with Crippen LogP contribution in [0.4, 0.5) is 0 Å². The van der Waals surface area contributed by atoms with Crippen LogP contribution in [-0.2, 0) is 9.47 Å². The molecule has 2 aliphatic heterocycles. The maximum absolute atomic E-state index is 5.43. The summed E-state index contributed by atoms with van der Waals surface area (Å²) in [6.45, 7) is 3.07. The standard InChI is InChI=1S/C6H12N4O2/c7-5-8-9-6(12-5)10-1-3-11-4-2-10/h5,8H,1-4,7H2. The lowest BCUT2D eigenvalue weighted by molar-refractivity contribution is 0.0519. The van der Waals surface area contributed by atoms with Crippen LogP contribution in [0.1, 0.15) is 0 Å². The number of ether oxygens (including phenoxy) is 2. The fourth-order valence-corrected chi connectivity index (χ4v) is 1.18. The Balaban J connectivity index is 1.91. The average molecular weight is 172 g/mol. The summed E-state index contributed by atoms with van der Waals surface area (Å²) in [4.78, 5) is 2.00. The van der Waals surface area contributed by atoms with Gasteiger partial charge in [0.25, 0.3) is 0 Å². The minimum atomic E-state index is -0.497. The molecule has 0 aromatic heterocycles. The van der Waals surface area contributed by atoms with Crippen molar-refractivity contribution < 1.29 is 9.47 Å². The minimum Gasteiger partial charge on any atom is -0.425 e. The summed E-state index contributed by atoms with van der Waals surface area (Å²) >= 11 is 0. The molecule has 12 heavy (non-hydrogen) atoms. The first-order chi connectivity index (χ1) is 5.86. The number of nitrogens with zero attached hydrogens (tertiary/aromatic N) is 2. The molecule has 1 fully saturated rings. The third kappa shape index (κ3) is 1.44. The van der Waals surface area contributed by atoms with Gasteiger partial charge < -0.3 is 14.4 Å². The van der Waals surface area contributed by atoms with Crippen molar-refractivity contribution in [2.45, 2.75) is 6.35 Å². The van der Waals surface area contributed by atoms with Crippen molar-refractivity contribution in [3.8, 4) is 0 Å². The van der Waals surface area contributed by atoms with Crippen molar-refractivity contribution >= 4 is 6.02 Å². The molecular weight excluding hydrogens is 160 g/mol. The van der Waals surface area contributed by atoms with Gasteiger partial charge in [-0.25, -0.2) is 0 Å². The molecule has 0 amide bonds. The topological polar surface area (TPSA) is 72.1 Å². The summed E-state index contributed by atoms with van der Waals surface area (Å²) in [6.07, 6.45) is -0.497. The Labute approximate surface area is 70.3 Å². The number of rotatable bonds is 0. The molecule has 0 radical (unpaired) electrons. The number of nitrogens with one attached hydrogen (secondary N) is 1. The lowest BCUT2D eigenvalue weighted by Gasteiger charge is -2.26. The fourth-order valence-electron chi connectivity index (χ4n) is 1.18. The fraction of sp³-hybridized carbons (Fsp3) is 0.833. The molecule has 3 N–H and O–H groups in total. The lowest BCUT2D eigenvalue weighted by Crippen LogP contribution is -2.42. The molecule has 6 nitrogen and oxygen atoms in total. The molecule has 2 rings (SSSR count). The van der Waals surface area contributed by atoms with Crippen LogP contribution >= 0.6 is 0 Å². The molecule has 0 aliphatic carbocycles. The zero-order valence-corrected chi connectivity index (χ0v) is 6.69. The molecule has 1 unspecified atom stereocenters. The van der Waals surface area contributed by atoms with Gasteiger partial charge >= 0.3 is 6.02 Å². The van der Waals surface area contributed by atoms with Crippen LogP contribution in [0, 0.1) is 0 Å². The average Bonchev–Trinajstić information content (AvgIpc) is 2.54. The van der Waals surface area contributed by atoms with Crippen molar-refractivity contribution in [1.82, 2.24) is 10.3 Å². The van der Waals surface area contributed by atoms with Crippen LogP contribution in [0.2, 0.25) is 0 Å². The van der Waals surface area contributed by atoms with Crippen LogP contribution < -0.4 is 11.2 Å². The second kappa shape index (κ2) is 3.16. The van der Waals surface area contributed by atoms with E-state index >= 15 is 0 Å². The maximum atomic E-state index is 5.43. The maximum Gasteiger partial charge on any atom is 0.312 e. The smallest absolute Gasteiger partial charge is 0.312 e. The first-order valence-electron chi connectivity index (χ1n) is 3.94. The van der Waals surface area contributed by atoms with E-state index in [2.05, 4.69) is 10.5 Å². The largest absolute Gasteiger partial charge is 0.425 e. The van der Waals surface area contributed by atoms with Crippen LogP contribution in [-0.4, -0.2) is 43.6 Å². The quantitative estimate of drug-likeness (QED) is 0.463. The predicted octanol–water partition coefficient (Wildman–Crippen LogP) is -1.55. The van der Waals surface area contributed by atoms with Gasteiger partial charge in [0.2, 0.25) is 6.35 Å². The first kappa shape index (κ1) is 7.63. The van der Waals surface area contributed by atoms with E-state index in [0.29, 0.717) is 6.02 Å². The Kier molecular flexibility index (Phi) is 2.01. The van der Waals surface area contributed by atoms with Gasteiger partial charge in [-0.3, -0.25) is 11.2 Å². The van der Waals surface area contributed by atoms with E-state index in [1.54, 1.807) is 0 Å². The zero-order chi connectivity index (χ0) is 8.39. The van der Waals surface area contributed by atoms with Crippen LogP contribution in [0.5, 0.6) is 0 Å². The minimum absolute atomic E-state index is 0.497. The summed E-state index contributed by atoms with van der Waals surface area (Å²) in [5.74, 6) is 0. The molecular formula is C6H12N4O2. The lowest BCUT2D eigenvalue weighted by atomic mass is 10.4. The highest BCUT2D eigenvalue weighted by molar-refractivity contribution is 5.74. The van der Waals surface area contributed by atoms with Gasteiger partial charge in [0.1, 0.15) is 0 Å². The van der Waals surface area contributed by atoms with Crippen LogP contribution in [0.3, 0.4) is 0 Å². The SMILES string of the molecule is NC1NN=C(N2CCOCC2)O1. The second-order valence-corrected chi connectivity index (χ2v) is 2.66. The molecule has 68 valence electrons. The summed E-state index contributed by atoms with van der Waals surface area (Å²) in [5, 5.41) is 3.93. The summed E-state index contributed by atoms with van der Waals surface area (Å²) in [6, 6.07) is 0.575. The Hall–Kier alpha value is -1.01. The monoisotopic (exact) mass is 172 g/mol. The molecule has 0 saturated carbocycles. The van der Waals surface area contributed by atoms with Crippen molar-refractivity contribution in [3.05, 3.63) is 0 Å². The molecule has 1 saturated heterocycles. The number of hydrogen-bond acceptors (Lipinski definition) is 6. The molecule has 2 aliphatic rings. The van der Waals surface area contributed by atoms with Crippen LogP contribution in [0.15, 0.2) is 5.10 Å². The van der Waals surface area contributed by atoms with Gasteiger partial charge in [-0.1, -0.05) is 0 Å². The van der Waals surface area contributed by atoms with Gasteiger partial charge in [0.05, 0.1) is 13.2 Å². The predicted molar refractivity (Wildman–Crippen MR) is 42.0 cm³/mol. The van der Waals surface area contributed by atoms with E-state index in [4.69, 9.17) is 15.2 Å². The first-order valence-corrected chi connectivity index (χ1v) is 3.94. The Bertz CT molecular complexity index is 190. The second-order valence-electron chi connectivity index (χ2n) is 2.66. The summed E-state index contributed by atoms with van der Waals surface area (Å²) < 4.78 is 10.4. The third-order valence-corrected chi connectivity index (χ3v) is 1.80. The molecule has 6 heteroatoms. The van der Waals surface area contributed by atoms with Crippen molar-refractivity contribution in [2.24, 2.45) is 10.8 Å². The molecule has 1 atom stereocenters. The van der Waals surface area contributed by atoms with E-state index in [0.717, 1.165) is 26.3 Å². The van der Waals surface area contributed by atoms with Crippen molar-refractivity contribution in [3.63, 3.8) is 0 Å². The molecule has 0 spiro atoms. The highest BCUT2D eigenvalue weighted by atomic mass is 16.6. The Morgan fingerprint density at radius 2 is 2.25 bits per heavy atom. The summed E-state index contributed by atoms with van der Waals surface area (Å²) in [7, 11) is 0. The molecule has 2 heterocycles. The van der Waals surface area contributed by atoms with Gasteiger partial charge in [0.15, 0.2) is 0 Å². The van der Waals surface area contributed by atoms with E-state index in [9.17, 15) is 0 Å². The Morgan fingerprint density at radius 1 is 1.50 bits per heavy atom. The van der Waals surface area contributed by atoms with Crippen molar-refractivity contribution in [2.75, 3.05) is 26.3 Å². The highest BCUT2D eigenvalue weighted by Gasteiger charge is 2.22. The highest BCUT2D eigenvalue weighted by Crippen LogP contribution is 2.03. The zero-order valence-electron chi connectivity index (χ0n) is 6.69. The van der Waals surface area contributed by atoms with Gasteiger partial charge in [0, 0.05) is 13.1 Å². The number of hydrogen-bond donors (Lipinski definition) is 2. The van der Waals surface area contributed by atoms with E-state index in [1.165, 1.54) is 0 Å². The Morgan fingerprint density at radius 3 is 2.83 bits per heavy atom. The van der Waals surface area contributed by atoms with Gasteiger partial charge in [-0.2, -0.15) is 0 Å². The van der Waals surface area contributed by atoms with Gasteiger partial charge in [-0.15, -0.1) is 5.10 Å². The molecule has 0 bridgehead atoms. The number of hydrazone groups is 1. The third-order valence-electron chi connectivity index (χ3n) is 1.80. The van der Waals surface area contributed by atoms with E-state index in [-0.39, 0.29) is 0 Å². The van der Waals surface area contributed by atoms with E-state index < -0.39 is 6.35 Å². The number of amidine groups is 1. The van der Waals surface area contributed by atoms with E-state index in [1.807, 2.05) is 4.90 Å². The van der Waals surface area contributed by atoms with Crippen LogP contribution in [0.25, 0.3) is 0 Å². The van der Waals surface area contributed by atoms with Crippen molar-refractivity contribution in [1.29, 1.82) is 0 Å². The number of morpholine rings is 1. The summed E-state index contributed by atoms with van der Waals surface area (Å²) in [5.41, 5.74) is 8.05.